The first-order chi connectivity index (χ1) is 7.50. The zero-order valence-electron chi connectivity index (χ0n) is 11.7. The zero-order valence-corrected chi connectivity index (χ0v) is 12.7. The van der Waals surface area contributed by atoms with Crippen LogP contribution in [0.2, 0.25) is 0 Å². The van der Waals surface area contributed by atoms with Gasteiger partial charge in [0.2, 0.25) is 0 Å². The minimum atomic E-state index is -0.428. The summed E-state index contributed by atoms with van der Waals surface area (Å²) in [6, 6.07) is 6.48. The molecule has 1 aromatic carbocycles. The van der Waals surface area contributed by atoms with Crippen molar-refractivity contribution in [3.63, 3.8) is 0 Å². The third kappa shape index (κ3) is 5.50. The second-order valence-corrected chi connectivity index (χ2v) is 3.88. The average molecular weight is 248 g/mol. The van der Waals surface area contributed by atoms with Crippen molar-refractivity contribution in [2.75, 3.05) is 20.7 Å². The molecule has 0 saturated heterocycles. The maximum Gasteiger partial charge on any atom is 1.00 e. The summed E-state index contributed by atoms with van der Waals surface area (Å²) in [5, 5.41) is 10.5. The molecule has 0 aliphatic rings. The van der Waals surface area contributed by atoms with Crippen molar-refractivity contribution in [2.45, 2.75) is 13.0 Å². The van der Waals surface area contributed by atoms with Crippen LogP contribution in [0.3, 0.4) is 0 Å². The number of ether oxygens (including phenoxy) is 1. The van der Waals surface area contributed by atoms with Gasteiger partial charge in [-0.05, 0) is 27.1 Å². The molecule has 0 aliphatic carbocycles. The first-order valence-electron chi connectivity index (χ1n) is 5.04. The van der Waals surface area contributed by atoms with E-state index in [1.54, 1.807) is 12.1 Å². The van der Waals surface area contributed by atoms with Gasteiger partial charge in [-0.3, -0.25) is 10.1 Å². The summed E-state index contributed by atoms with van der Waals surface area (Å²) < 4.78 is 5.47. The maximum absolute atomic E-state index is 10.5. The van der Waals surface area contributed by atoms with Crippen molar-refractivity contribution < 1.29 is 40.6 Å². The SMILES string of the molecule is C[C@H](COc1cccc([N+](=O)[O-])c1)N(C)C.[H-].[Na+]. The fourth-order valence-corrected chi connectivity index (χ4v) is 1.05. The van der Waals surface area contributed by atoms with Crippen LogP contribution in [-0.4, -0.2) is 36.6 Å². The Morgan fingerprint density at radius 2 is 2.18 bits per heavy atom. The van der Waals surface area contributed by atoms with E-state index >= 15 is 0 Å². The number of likely N-dealkylation sites (N-methyl/N-ethyl adjacent to an activating group) is 1. The van der Waals surface area contributed by atoms with Crippen molar-refractivity contribution in [1.29, 1.82) is 0 Å². The quantitative estimate of drug-likeness (QED) is 0.382. The van der Waals surface area contributed by atoms with Crippen LogP contribution in [0.15, 0.2) is 24.3 Å². The van der Waals surface area contributed by atoms with E-state index in [9.17, 15) is 10.1 Å². The van der Waals surface area contributed by atoms with Crippen molar-refractivity contribution in [1.82, 2.24) is 4.90 Å². The van der Waals surface area contributed by atoms with E-state index in [0.717, 1.165) is 0 Å². The summed E-state index contributed by atoms with van der Waals surface area (Å²) in [4.78, 5) is 12.1. The van der Waals surface area contributed by atoms with Gasteiger partial charge in [-0.2, -0.15) is 0 Å². The Labute approximate surface area is 125 Å². The number of hydrogen-bond acceptors (Lipinski definition) is 4. The summed E-state index contributed by atoms with van der Waals surface area (Å²) in [5.74, 6) is 0.530. The summed E-state index contributed by atoms with van der Waals surface area (Å²) in [6.07, 6.45) is 0. The molecule has 0 spiro atoms. The smallest absolute Gasteiger partial charge is 1.00 e. The van der Waals surface area contributed by atoms with Gasteiger partial charge >= 0.3 is 29.6 Å². The van der Waals surface area contributed by atoms with Gasteiger partial charge in [0, 0.05) is 12.1 Å². The van der Waals surface area contributed by atoms with Crippen molar-refractivity contribution in [2.24, 2.45) is 0 Å². The summed E-state index contributed by atoms with van der Waals surface area (Å²) in [7, 11) is 3.92. The Balaban J connectivity index is 0. The molecule has 0 fully saturated rings. The van der Waals surface area contributed by atoms with E-state index in [-0.39, 0.29) is 42.7 Å². The first-order valence-corrected chi connectivity index (χ1v) is 5.04. The van der Waals surface area contributed by atoms with Crippen LogP contribution in [0.4, 0.5) is 5.69 Å². The standard InChI is InChI=1S/C11H16N2O3.Na.H/c1-9(12(2)3)8-16-11-6-4-5-10(7-11)13(14)15;;/h4-7,9H,8H2,1-3H3;;/q;+1;-1/t9-;;/m1../s1. The van der Waals surface area contributed by atoms with Gasteiger partial charge in [0.05, 0.1) is 11.0 Å². The van der Waals surface area contributed by atoms with Crippen LogP contribution in [0.5, 0.6) is 5.75 Å². The van der Waals surface area contributed by atoms with E-state index < -0.39 is 4.92 Å². The molecule has 1 aromatic rings. The largest absolute Gasteiger partial charge is 1.00 e. The summed E-state index contributed by atoms with van der Waals surface area (Å²) in [6.45, 7) is 2.53. The zero-order chi connectivity index (χ0) is 12.1. The maximum atomic E-state index is 10.5. The second kappa shape index (κ2) is 7.66. The number of non-ortho nitro benzene ring substituents is 1. The van der Waals surface area contributed by atoms with Gasteiger partial charge in [0.1, 0.15) is 12.4 Å². The molecule has 0 unspecified atom stereocenters. The second-order valence-electron chi connectivity index (χ2n) is 3.88. The van der Waals surface area contributed by atoms with Crippen molar-refractivity contribution in [3.8, 4) is 5.75 Å². The van der Waals surface area contributed by atoms with E-state index in [1.807, 2.05) is 25.9 Å². The van der Waals surface area contributed by atoms with Gasteiger partial charge in [-0.25, -0.2) is 0 Å². The van der Waals surface area contributed by atoms with Gasteiger partial charge < -0.3 is 11.1 Å². The van der Waals surface area contributed by atoms with E-state index in [4.69, 9.17) is 4.74 Å². The molecule has 0 saturated carbocycles. The topological polar surface area (TPSA) is 55.6 Å². The molecule has 0 amide bonds. The fraction of sp³-hybridized carbons (Fsp3) is 0.455. The van der Waals surface area contributed by atoms with Crippen molar-refractivity contribution >= 4 is 5.69 Å². The van der Waals surface area contributed by atoms with Crippen LogP contribution < -0.4 is 34.3 Å². The molecule has 0 aliphatic heterocycles. The molecule has 17 heavy (non-hydrogen) atoms. The molecule has 0 aromatic heterocycles. The minimum absolute atomic E-state index is 0. The first kappa shape index (κ1) is 16.4. The predicted octanol–water partition coefficient (Wildman–Crippen LogP) is -0.960. The average Bonchev–Trinajstić information content (AvgIpc) is 2.26. The van der Waals surface area contributed by atoms with Gasteiger partial charge in [0.25, 0.3) is 5.69 Å². The minimum Gasteiger partial charge on any atom is -1.00 e. The molecule has 0 N–H and O–H groups in total. The summed E-state index contributed by atoms with van der Waals surface area (Å²) >= 11 is 0. The molecule has 5 nitrogen and oxygen atoms in total. The predicted molar refractivity (Wildman–Crippen MR) is 62.9 cm³/mol. The van der Waals surface area contributed by atoms with Gasteiger partial charge in [0.15, 0.2) is 0 Å². The number of nitro benzene ring substituents is 1. The Hall–Kier alpha value is -0.620. The molecule has 0 radical (unpaired) electrons. The third-order valence-corrected chi connectivity index (χ3v) is 2.40. The van der Waals surface area contributed by atoms with E-state index in [2.05, 4.69) is 0 Å². The summed E-state index contributed by atoms with van der Waals surface area (Å²) in [5.41, 5.74) is 0.0509. The Kier molecular flexibility index (Phi) is 7.38. The molecular weight excluding hydrogens is 231 g/mol. The molecule has 6 heteroatoms. The number of hydrogen-bond donors (Lipinski definition) is 0. The van der Waals surface area contributed by atoms with Crippen LogP contribution in [-0.2, 0) is 0 Å². The van der Waals surface area contributed by atoms with E-state index in [0.29, 0.717) is 12.4 Å². The molecule has 1 rings (SSSR count). The molecular formula is C11H17N2NaO3. The van der Waals surface area contributed by atoms with E-state index in [1.165, 1.54) is 12.1 Å². The number of nitrogens with zero attached hydrogens (tertiary/aromatic N) is 2. The third-order valence-electron chi connectivity index (χ3n) is 2.40. The van der Waals surface area contributed by atoms with Crippen molar-refractivity contribution in [3.05, 3.63) is 34.4 Å². The number of benzene rings is 1. The van der Waals surface area contributed by atoms with Crippen LogP contribution in [0, 0.1) is 10.1 Å². The molecule has 90 valence electrons. The Morgan fingerprint density at radius 3 is 2.71 bits per heavy atom. The normalized spacial score (nSPS) is 11.8. The monoisotopic (exact) mass is 248 g/mol. The van der Waals surface area contributed by atoms with Gasteiger partial charge in [-0.1, -0.05) is 6.07 Å². The Bertz CT molecular complexity index is 377. The number of nitro groups is 1. The Morgan fingerprint density at radius 1 is 1.53 bits per heavy atom. The van der Waals surface area contributed by atoms with Crippen LogP contribution in [0.25, 0.3) is 0 Å². The van der Waals surface area contributed by atoms with Crippen LogP contribution >= 0.6 is 0 Å². The molecule has 0 heterocycles. The fourth-order valence-electron chi connectivity index (χ4n) is 1.05. The molecule has 1 atom stereocenters. The number of rotatable bonds is 5. The molecule has 0 bridgehead atoms. The van der Waals surface area contributed by atoms with Gasteiger partial charge in [-0.15, -0.1) is 0 Å². The van der Waals surface area contributed by atoms with Crippen LogP contribution in [0.1, 0.15) is 8.35 Å².